The van der Waals surface area contributed by atoms with Gasteiger partial charge in [0.1, 0.15) is 5.75 Å². The second-order valence-electron chi connectivity index (χ2n) is 6.46. The molecule has 0 saturated carbocycles. The number of ether oxygens (including phenoxy) is 1. The zero-order valence-electron chi connectivity index (χ0n) is 14.8. The van der Waals surface area contributed by atoms with Crippen molar-refractivity contribution in [1.29, 1.82) is 0 Å². The lowest BCUT2D eigenvalue weighted by molar-refractivity contribution is -0.139. The predicted octanol–water partition coefficient (Wildman–Crippen LogP) is 3.37. The average Bonchev–Trinajstić information content (AvgIpc) is 2.63. The number of carbonyl (C=O) groups is 2. The summed E-state index contributed by atoms with van der Waals surface area (Å²) < 4.78 is 44.3. The standard InChI is InChI=1S/C18H23F3N2O4/c19-18(20,21)14-4-1-2-5-15(14)27-12-13-7-10-23(11-8-13)17(26)22-9-3-6-16(24)25/h1-2,4-5,13H,3,6-12H2,(H,22,26)(H,24,25). The molecule has 150 valence electrons. The van der Waals surface area contributed by atoms with Crippen LogP contribution in [-0.2, 0) is 11.0 Å². The van der Waals surface area contributed by atoms with Gasteiger partial charge in [0.15, 0.2) is 0 Å². The normalized spacial score (nSPS) is 15.4. The van der Waals surface area contributed by atoms with Gasteiger partial charge >= 0.3 is 18.2 Å². The van der Waals surface area contributed by atoms with Gasteiger partial charge in [0.05, 0.1) is 12.2 Å². The summed E-state index contributed by atoms with van der Waals surface area (Å²) in [7, 11) is 0. The second kappa shape index (κ2) is 9.48. The summed E-state index contributed by atoms with van der Waals surface area (Å²) in [6, 6.07) is 4.88. The summed E-state index contributed by atoms with van der Waals surface area (Å²) in [5.41, 5.74) is -0.789. The summed E-state index contributed by atoms with van der Waals surface area (Å²) >= 11 is 0. The molecule has 2 N–H and O–H groups in total. The van der Waals surface area contributed by atoms with Gasteiger partial charge in [0.25, 0.3) is 0 Å². The van der Waals surface area contributed by atoms with Gasteiger partial charge in [0, 0.05) is 26.1 Å². The maximum Gasteiger partial charge on any atom is 0.419 e. The Hall–Kier alpha value is -2.45. The van der Waals surface area contributed by atoms with Crippen LogP contribution in [0.3, 0.4) is 0 Å². The lowest BCUT2D eigenvalue weighted by Crippen LogP contribution is -2.45. The Bertz CT molecular complexity index is 644. The van der Waals surface area contributed by atoms with Crippen molar-refractivity contribution in [3.05, 3.63) is 29.8 Å². The highest BCUT2D eigenvalue weighted by Gasteiger charge is 2.34. The molecule has 1 aromatic rings. The number of para-hydroxylation sites is 1. The molecule has 0 spiro atoms. The van der Waals surface area contributed by atoms with Crippen LogP contribution in [0.5, 0.6) is 5.75 Å². The van der Waals surface area contributed by atoms with E-state index < -0.39 is 17.7 Å². The molecule has 2 rings (SSSR count). The van der Waals surface area contributed by atoms with Crippen molar-refractivity contribution in [2.24, 2.45) is 5.92 Å². The van der Waals surface area contributed by atoms with Gasteiger partial charge in [-0.1, -0.05) is 12.1 Å². The van der Waals surface area contributed by atoms with Crippen LogP contribution < -0.4 is 10.1 Å². The number of carboxylic acid groups (broad SMARTS) is 1. The highest BCUT2D eigenvalue weighted by Crippen LogP contribution is 2.36. The minimum Gasteiger partial charge on any atom is -0.493 e. The molecule has 0 atom stereocenters. The largest absolute Gasteiger partial charge is 0.493 e. The molecule has 2 amide bonds. The van der Waals surface area contributed by atoms with E-state index in [-0.39, 0.29) is 30.7 Å². The van der Waals surface area contributed by atoms with Crippen molar-refractivity contribution in [2.45, 2.75) is 31.9 Å². The number of amides is 2. The zero-order chi connectivity index (χ0) is 19.9. The molecule has 1 aliphatic rings. The number of piperidine rings is 1. The molecule has 9 heteroatoms. The Morgan fingerprint density at radius 1 is 1.22 bits per heavy atom. The molecular weight excluding hydrogens is 365 g/mol. The number of hydrogen-bond donors (Lipinski definition) is 2. The van der Waals surface area contributed by atoms with E-state index in [0.29, 0.717) is 38.9 Å². The van der Waals surface area contributed by atoms with Crippen LogP contribution in [0.2, 0.25) is 0 Å². The molecule has 27 heavy (non-hydrogen) atoms. The molecule has 1 heterocycles. The number of carboxylic acids is 1. The maximum absolute atomic E-state index is 13.0. The van der Waals surface area contributed by atoms with E-state index in [1.165, 1.54) is 18.2 Å². The number of carbonyl (C=O) groups excluding carboxylic acids is 1. The van der Waals surface area contributed by atoms with Crippen LogP contribution in [0, 0.1) is 5.92 Å². The average molecular weight is 388 g/mol. The summed E-state index contributed by atoms with van der Waals surface area (Å²) in [5, 5.41) is 11.2. The molecule has 0 bridgehead atoms. The topological polar surface area (TPSA) is 78.9 Å². The van der Waals surface area contributed by atoms with Gasteiger partial charge in [-0.15, -0.1) is 0 Å². The third-order valence-electron chi connectivity index (χ3n) is 4.41. The van der Waals surface area contributed by atoms with Gasteiger partial charge in [-0.3, -0.25) is 4.79 Å². The summed E-state index contributed by atoms with van der Waals surface area (Å²) in [4.78, 5) is 24.0. The first kappa shape index (κ1) is 20.9. The molecular formula is C18H23F3N2O4. The second-order valence-corrected chi connectivity index (χ2v) is 6.46. The Labute approximate surface area is 155 Å². The molecule has 6 nitrogen and oxygen atoms in total. The number of rotatable bonds is 7. The lowest BCUT2D eigenvalue weighted by Gasteiger charge is -2.32. The van der Waals surface area contributed by atoms with Crippen molar-refractivity contribution in [3.8, 4) is 5.75 Å². The SMILES string of the molecule is O=C(O)CCCNC(=O)N1CCC(COc2ccccc2C(F)(F)F)CC1. The number of aliphatic carboxylic acids is 1. The van der Waals surface area contributed by atoms with Crippen molar-refractivity contribution in [1.82, 2.24) is 10.2 Å². The predicted molar refractivity (Wildman–Crippen MR) is 91.5 cm³/mol. The van der Waals surface area contributed by atoms with E-state index in [1.54, 1.807) is 4.90 Å². The van der Waals surface area contributed by atoms with E-state index in [0.717, 1.165) is 6.07 Å². The smallest absolute Gasteiger partial charge is 0.419 e. The lowest BCUT2D eigenvalue weighted by atomic mass is 9.98. The van der Waals surface area contributed by atoms with Crippen LogP contribution >= 0.6 is 0 Å². The number of nitrogens with zero attached hydrogens (tertiary/aromatic N) is 1. The van der Waals surface area contributed by atoms with Crippen molar-refractivity contribution >= 4 is 12.0 Å². The highest BCUT2D eigenvalue weighted by molar-refractivity contribution is 5.74. The monoisotopic (exact) mass is 388 g/mol. The molecule has 1 fully saturated rings. The number of urea groups is 1. The summed E-state index contributed by atoms with van der Waals surface area (Å²) in [6.45, 7) is 1.43. The van der Waals surface area contributed by atoms with E-state index in [4.69, 9.17) is 9.84 Å². The summed E-state index contributed by atoms with van der Waals surface area (Å²) in [5.74, 6) is -1.01. The fourth-order valence-corrected chi connectivity index (χ4v) is 2.88. The molecule has 0 radical (unpaired) electrons. The van der Waals surface area contributed by atoms with Crippen molar-refractivity contribution in [3.63, 3.8) is 0 Å². The number of alkyl halides is 3. The molecule has 0 unspecified atom stereocenters. The minimum atomic E-state index is -4.46. The fraction of sp³-hybridized carbons (Fsp3) is 0.556. The van der Waals surface area contributed by atoms with Crippen LogP contribution in [-0.4, -0.2) is 48.2 Å². The Morgan fingerprint density at radius 2 is 1.89 bits per heavy atom. The first-order valence-corrected chi connectivity index (χ1v) is 8.81. The van der Waals surface area contributed by atoms with Gasteiger partial charge in [-0.25, -0.2) is 4.79 Å². The molecule has 1 aliphatic heterocycles. The Balaban J connectivity index is 1.74. The number of hydrogen-bond acceptors (Lipinski definition) is 3. The van der Waals surface area contributed by atoms with Crippen LogP contribution in [0.25, 0.3) is 0 Å². The third-order valence-corrected chi connectivity index (χ3v) is 4.41. The van der Waals surface area contributed by atoms with Gasteiger partial charge in [-0.2, -0.15) is 13.2 Å². The van der Waals surface area contributed by atoms with Crippen LogP contribution in [0.4, 0.5) is 18.0 Å². The first-order chi connectivity index (χ1) is 12.8. The van der Waals surface area contributed by atoms with Gasteiger partial charge < -0.3 is 20.1 Å². The van der Waals surface area contributed by atoms with E-state index in [1.807, 2.05) is 0 Å². The Morgan fingerprint density at radius 3 is 2.52 bits per heavy atom. The van der Waals surface area contributed by atoms with E-state index >= 15 is 0 Å². The van der Waals surface area contributed by atoms with Gasteiger partial charge in [-0.05, 0) is 37.3 Å². The number of nitrogens with one attached hydrogen (secondary N) is 1. The van der Waals surface area contributed by atoms with Crippen LogP contribution in [0.15, 0.2) is 24.3 Å². The molecule has 0 aliphatic carbocycles. The van der Waals surface area contributed by atoms with Crippen molar-refractivity contribution in [2.75, 3.05) is 26.2 Å². The number of halogens is 3. The molecule has 0 aromatic heterocycles. The maximum atomic E-state index is 13.0. The molecule has 1 saturated heterocycles. The minimum absolute atomic E-state index is 0.000900. The third kappa shape index (κ3) is 6.65. The van der Waals surface area contributed by atoms with Gasteiger partial charge in [0.2, 0.25) is 0 Å². The highest BCUT2D eigenvalue weighted by atomic mass is 19.4. The summed E-state index contributed by atoms with van der Waals surface area (Å²) in [6.07, 6.45) is -2.82. The quantitative estimate of drug-likeness (QED) is 0.702. The van der Waals surface area contributed by atoms with E-state index in [9.17, 15) is 22.8 Å². The fourth-order valence-electron chi connectivity index (χ4n) is 2.88. The number of likely N-dealkylation sites (tertiary alicyclic amines) is 1. The Kier molecular flexibility index (Phi) is 7.32. The van der Waals surface area contributed by atoms with Crippen LogP contribution in [0.1, 0.15) is 31.2 Å². The number of benzene rings is 1. The van der Waals surface area contributed by atoms with Crippen molar-refractivity contribution < 1.29 is 32.6 Å². The van der Waals surface area contributed by atoms with E-state index in [2.05, 4.69) is 5.32 Å². The first-order valence-electron chi connectivity index (χ1n) is 8.81. The zero-order valence-corrected chi connectivity index (χ0v) is 14.8. The molecule has 1 aromatic carbocycles.